The first-order valence-electron chi connectivity index (χ1n) is 7.33. The molecular formula is C14H26N2O2. The third kappa shape index (κ3) is 3.45. The highest BCUT2D eigenvalue weighted by atomic mass is 16.3. The Balaban J connectivity index is 1.85. The van der Waals surface area contributed by atoms with Crippen molar-refractivity contribution in [3.05, 3.63) is 0 Å². The van der Waals surface area contributed by atoms with Crippen LogP contribution in [0.2, 0.25) is 0 Å². The highest BCUT2D eigenvalue weighted by molar-refractivity contribution is 5.78. The second kappa shape index (κ2) is 6.53. The minimum absolute atomic E-state index is 0.184. The summed E-state index contributed by atoms with van der Waals surface area (Å²) < 4.78 is 0. The van der Waals surface area contributed by atoms with Gasteiger partial charge in [-0.05, 0) is 38.1 Å². The maximum atomic E-state index is 12.3. The first kappa shape index (κ1) is 13.8. The zero-order chi connectivity index (χ0) is 13.0. The zero-order valence-corrected chi connectivity index (χ0v) is 11.5. The molecule has 2 saturated heterocycles. The molecule has 2 atom stereocenters. The molecule has 0 aromatic heterocycles. The van der Waals surface area contributed by atoms with E-state index in [0.29, 0.717) is 12.5 Å². The van der Waals surface area contributed by atoms with Crippen molar-refractivity contribution in [1.82, 2.24) is 9.80 Å². The van der Waals surface area contributed by atoms with E-state index in [1.54, 1.807) is 0 Å². The van der Waals surface area contributed by atoms with Gasteiger partial charge in [-0.3, -0.25) is 9.69 Å². The van der Waals surface area contributed by atoms with E-state index in [1.807, 2.05) is 4.90 Å². The fourth-order valence-corrected chi connectivity index (χ4v) is 3.16. The SMILES string of the molecule is CC1CCCN(C(=O)CN2CCCCC2CO)C1. The maximum absolute atomic E-state index is 12.3. The smallest absolute Gasteiger partial charge is 0.236 e. The van der Waals surface area contributed by atoms with Crippen molar-refractivity contribution in [2.45, 2.75) is 45.1 Å². The molecule has 4 heteroatoms. The summed E-state index contributed by atoms with van der Waals surface area (Å²) in [5.74, 6) is 0.889. The van der Waals surface area contributed by atoms with Crippen LogP contribution in [-0.2, 0) is 4.79 Å². The molecule has 0 spiro atoms. The summed E-state index contributed by atoms with van der Waals surface area (Å²) in [6.07, 6.45) is 5.74. The van der Waals surface area contributed by atoms with Crippen LogP contribution in [0.25, 0.3) is 0 Å². The molecule has 4 nitrogen and oxygen atoms in total. The number of aliphatic hydroxyl groups excluding tert-OH is 1. The lowest BCUT2D eigenvalue weighted by Crippen LogP contribution is -2.49. The summed E-state index contributed by atoms with van der Waals surface area (Å²) in [5, 5.41) is 9.36. The molecule has 0 aromatic rings. The average molecular weight is 254 g/mol. The van der Waals surface area contributed by atoms with Gasteiger partial charge in [0, 0.05) is 19.1 Å². The number of likely N-dealkylation sites (tertiary alicyclic amines) is 2. The van der Waals surface area contributed by atoms with Gasteiger partial charge in [-0.1, -0.05) is 13.3 Å². The van der Waals surface area contributed by atoms with E-state index < -0.39 is 0 Å². The van der Waals surface area contributed by atoms with Crippen molar-refractivity contribution >= 4 is 5.91 Å². The summed E-state index contributed by atoms with van der Waals surface area (Å²) in [4.78, 5) is 16.5. The van der Waals surface area contributed by atoms with Gasteiger partial charge in [0.1, 0.15) is 0 Å². The lowest BCUT2D eigenvalue weighted by atomic mass is 10.00. The van der Waals surface area contributed by atoms with Gasteiger partial charge in [0.2, 0.25) is 5.91 Å². The fourth-order valence-electron chi connectivity index (χ4n) is 3.16. The predicted molar refractivity (Wildman–Crippen MR) is 71.3 cm³/mol. The van der Waals surface area contributed by atoms with Crippen LogP contribution in [0.5, 0.6) is 0 Å². The molecule has 1 amide bonds. The Labute approximate surface area is 110 Å². The molecule has 0 saturated carbocycles. The van der Waals surface area contributed by atoms with Crippen molar-refractivity contribution in [2.24, 2.45) is 5.92 Å². The van der Waals surface area contributed by atoms with Gasteiger partial charge in [0.05, 0.1) is 13.2 Å². The summed E-state index contributed by atoms with van der Waals surface area (Å²) in [6.45, 7) is 5.69. The Morgan fingerprint density at radius 2 is 2.06 bits per heavy atom. The predicted octanol–water partition coefficient (Wildman–Crippen LogP) is 1.09. The molecule has 2 rings (SSSR count). The molecule has 2 unspecified atom stereocenters. The summed E-state index contributed by atoms with van der Waals surface area (Å²) >= 11 is 0. The quantitative estimate of drug-likeness (QED) is 0.820. The highest BCUT2D eigenvalue weighted by Gasteiger charge is 2.27. The molecule has 18 heavy (non-hydrogen) atoms. The molecule has 2 aliphatic heterocycles. The topological polar surface area (TPSA) is 43.8 Å². The van der Waals surface area contributed by atoms with E-state index >= 15 is 0 Å². The number of carbonyl (C=O) groups excluding carboxylic acids is 1. The number of hydrogen-bond acceptors (Lipinski definition) is 3. The molecule has 2 heterocycles. The summed E-state index contributed by atoms with van der Waals surface area (Å²) in [5.41, 5.74) is 0. The Bertz CT molecular complexity index is 283. The standard InChI is InChI=1S/C14H26N2O2/c1-12-5-4-8-16(9-12)14(18)10-15-7-3-2-6-13(15)11-17/h12-13,17H,2-11H2,1H3. The molecule has 0 radical (unpaired) electrons. The number of amides is 1. The van der Waals surface area contributed by atoms with Crippen LogP contribution < -0.4 is 0 Å². The van der Waals surface area contributed by atoms with Crippen molar-refractivity contribution < 1.29 is 9.90 Å². The highest BCUT2D eigenvalue weighted by Crippen LogP contribution is 2.19. The summed E-state index contributed by atoms with van der Waals surface area (Å²) in [6, 6.07) is 0.199. The fraction of sp³-hybridized carbons (Fsp3) is 0.929. The number of carbonyl (C=O) groups is 1. The Kier molecular flexibility index (Phi) is 5.01. The Hall–Kier alpha value is -0.610. The molecular weight excluding hydrogens is 228 g/mol. The molecule has 2 fully saturated rings. The molecule has 0 aliphatic carbocycles. The molecule has 0 aromatic carbocycles. The first-order chi connectivity index (χ1) is 8.70. The third-order valence-electron chi connectivity index (χ3n) is 4.31. The van der Waals surface area contributed by atoms with Crippen LogP contribution in [0.3, 0.4) is 0 Å². The van der Waals surface area contributed by atoms with Crippen LogP contribution >= 0.6 is 0 Å². The van der Waals surface area contributed by atoms with Gasteiger partial charge in [-0.25, -0.2) is 0 Å². The van der Waals surface area contributed by atoms with Crippen LogP contribution in [0.15, 0.2) is 0 Å². The number of hydrogen-bond donors (Lipinski definition) is 1. The number of rotatable bonds is 3. The third-order valence-corrected chi connectivity index (χ3v) is 4.31. The van der Waals surface area contributed by atoms with Gasteiger partial charge >= 0.3 is 0 Å². The number of nitrogens with zero attached hydrogens (tertiary/aromatic N) is 2. The number of piperidine rings is 2. The molecule has 2 aliphatic rings. The van der Waals surface area contributed by atoms with Gasteiger partial charge < -0.3 is 10.0 Å². The van der Waals surface area contributed by atoms with E-state index in [9.17, 15) is 9.90 Å². The Morgan fingerprint density at radius 3 is 2.78 bits per heavy atom. The van der Waals surface area contributed by atoms with E-state index in [0.717, 1.165) is 38.9 Å². The molecule has 1 N–H and O–H groups in total. The second-order valence-electron chi connectivity index (χ2n) is 5.89. The monoisotopic (exact) mass is 254 g/mol. The maximum Gasteiger partial charge on any atom is 0.236 e. The average Bonchev–Trinajstić information content (AvgIpc) is 2.39. The van der Waals surface area contributed by atoms with Crippen LogP contribution in [0, 0.1) is 5.92 Å². The van der Waals surface area contributed by atoms with Crippen LogP contribution in [0.1, 0.15) is 39.0 Å². The van der Waals surface area contributed by atoms with Crippen molar-refractivity contribution in [3.8, 4) is 0 Å². The van der Waals surface area contributed by atoms with Gasteiger partial charge in [0.15, 0.2) is 0 Å². The van der Waals surface area contributed by atoms with E-state index in [4.69, 9.17) is 0 Å². The number of aliphatic hydroxyl groups is 1. The van der Waals surface area contributed by atoms with E-state index in [-0.39, 0.29) is 18.6 Å². The molecule has 104 valence electrons. The second-order valence-corrected chi connectivity index (χ2v) is 5.89. The lowest BCUT2D eigenvalue weighted by Gasteiger charge is -2.37. The lowest BCUT2D eigenvalue weighted by molar-refractivity contribution is -0.135. The van der Waals surface area contributed by atoms with Crippen LogP contribution in [0.4, 0.5) is 0 Å². The van der Waals surface area contributed by atoms with Gasteiger partial charge in [-0.15, -0.1) is 0 Å². The van der Waals surface area contributed by atoms with E-state index in [1.165, 1.54) is 12.8 Å². The molecule has 0 bridgehead atoms. The van der Waals surface area contributed by atoms with Crippen molar-refractivity contribution in [1.29, 1.82) is 0 Å². The van der Waals surface area contributed by atoms with Crippen molar-refractivity contribution in [2.75, 3.05) is 32.8 Å². The minimum atomic E-state index is 0.184. The first-order valence-corrected chi connectivity index (χ1v) is 7.33. The summed E-state index contributed by atoms with van der Waals surface area (Å²) in [7, 11) is 0. The minimum Gasteiger partial charge on any atom is -0.395 e. The van der Waals surface area contributed by atoms with Gasteiger partial charge in [-0.2, -0.15) is 0 Å². The van der Waals surface area contributed by atoms with E-state index in [2.05, 4.69) is 11.8 Å². The zero-order valence-electron chi connectivity index (χ0n) is 11.5. The largest absolute Gasteiger partial charge is 0.395 e. The van der Waals surface area contributed by atoms with Gasteiger partial charge in [0.25, 0.3) is 0 Å². The van der Waals surface area contributed by atoms with Crippen molar-refractivity contribution in [3.63, 3.8) is 0 Å². The van der Waals surface area contributed by atoms with Crippen LogP contribution in [-0.4, -0.2) is 59.6 Å². The normalized spacial score (nSPS) is 30.4. The Morgan fingerprint density at radius 1 is 1.22 bits per heavy atom.